The van der Waals surface area contributed by atoms with E-state index in [2.05, 4.69) is 39.0 Å². The van der Waals surface area contributed by atoms with Crippen LogP contribution in [0.25, 0.3) is 0 Å². The zero-order valence-electron chi connectivity index (χ0n) is 36.8. The summed E-state index contributed by atoms with van der Waals surface area (Å²) >= 11 is 6.04. The van der Waals surface area contributed by atoms with Crippen LogP contribution in [0.2, 0.25) is 5.02 Å². The molecule has 0 bridgehead atoms. The van der Waals surface area contributed by atoms with Crippen molar-refractivity contribution in [1.29, 1.82) is 0 Å². The molecule has 1 aliphatic carbocycles. The van der Waals surface area contributed by atoms with Crippen molar-refractivity contribution in [3.05, 3.63) is 58.7 Å². The van der Waals surface area contributed by atoms with Crippen molar-refractivity contribution in [1.82, 2.24) is 25.0 Å². The molecule has 0 radical (unpaired) electrons. The van der Waals surface area contributed by atoms with Crippen molar-refractivity contribution in [2.45, 2.75) is 62.5 Å². The van der Waals surface area contributed by atoms with Gasteiger partial charge in [0.25, 0.3) is 10.0 Å². The number of sulfonamides is 1. The number of nitrogens with zero attached hydrogens (tertiary/aromatic N) is 4. The molecule has 1 saturated carbocycles. The first-order chi connectivity index (χ1) is 30.7. The number of hydrogen-bond acceptors (Lipinski definition) is 18. The number of hydrogen-bond donors (Lipinski definition) is 5. The first kappa shape index (κ1) is 57.0. The molecule has 2 fully saturated rings. The summed E-state index contributed by atoms with van der Waals surface area (Å²) in [4.78, 5) is 75.6. The predicted molar refractivity (Wildman–Crippen MR) is 239 cm³/mol. The number of cyclic esters (lactones) is 1. The highest BCUT2D eigenvalue weighted by Crippen LogP contribution is 2.37. The van der Waals surface area contributed by atoms with Crippen LogP contribution in [0, 0.1) is 5.82 Å². The molecule has 1 unspecified atom stereocenters. The van der Waals surface area contributed by atoms with E-state index in [1.807, 2.05) is 5.32 Å². The van der Waals surface area contributed by atoms with Gasteiger partial charge < -0.3 is 38.4 Å². The van der Waals surface area contributed by atoms with Gasteiger partial charge in [0, 0.05) is 12.3 Å². The molecule has 1 atom stereocenters. The van der Waals surface area contributed by atoms with Crippen LogP contribution in [0.3, 0.4) is 0 Å². The van der Waals surface area contributed by atoms with Crippen LogP contribution in [-0.4, -0.2) is 123 Å². The molecule has 5 N–H and O–H groups in total. The minimum Gasteiger partial charge on any atom is -0.778 e. The van der Waals surface area contributed by atoms with Crippen molar-refractivity contribution in [3.8, 4) is 17.5 Å². The largest absolute Gasteiger partial charge is 0.778 e. The highest BCUT2D eigenvalue weighted by atomic mass is 35.5. The summed E-state index contributed by atoms with van der Waals surface area (Å²) in [5.74, 6) is -3.02. The SMILES string of the molecule is CC(C)=C1OC(=O)N(c2cc(OC3CCCC3)c(Cl)cc2F)C1=O.CCS(=O)(=O)c1cccnc1S(=O)(=O)NC(=O)Nc1nc(OC)cc(OC)n1.C[S+](C)C.O=C(O)CNCP(=O)([O-])O. The maximum Gasteiger partial charge on any atom is 0.427 e. The number of anilines is 2. The zero-order valence-corrected chi connectivity index (χ0v) is 40.9. The molecule has 3 heterocycles. The predicted octanol–water partition coefficient (Wildman–Crippen LogP) is 3.43. The van der Waals surface area contributed by atoms with Crippen LogP contribution >= 0.6 is 19.2 Å². The Bertz CT molecular complexity index is 2500. The number of imide groups is 1. The number of methoxy groups -OCH3 is 2. The van der Waals surface area contributed by atoms with E-state index in [-0.39, 0.29) is 51.8 Å². The molecule has 3 aromatic rings. The molecular weight excluding hydrogens is 980 g/mol. The van der Waals surface area contributed by atoms with E-state index in [4.69, 9.17) is 40.5 Å². The topological polar surface area (TPSA) is 332 Å². The van der Waals surface area contributed by atoms with Crippen LogP contribution in [0.5, 0.6) is 17.5 Å². The Labute approximate surface area is 388 Å². The van der Waals surface area contributed by atoms with E-state index < -0.39 is 80.0 Å². The lowest BCUT2D eigenvalue weighted by atomic mass is 10.2. The average Bonchev–Trinajstić information content (AvgIpc) is 3.84. The van der Waals surface area contributed by atoms with E-state index in [1.165, 1.54) is 39.3 Å². The number of carboxylic acid groups (broad SMARTS) is 1. The number of rotatable bonds is 14. The molecule has 66 heavy (non-hydrogen) atoms. The fraction of sp³-hybridized carbons (Fsp3) is 0.432. The molecular formula is C37H50ClFN7O16PS3. The summed E-state index contributed by atoms with van der Waals surface area (Å²) in [6, 6.07) is 4.80. The molecule has 0 spiro atoms. The molecule has 5 rings (SSSR count). The smallest absolute Gasteiger partial charge is 0.427 e. The lowest BCUT2D eigenvalue weighted by molar-refractivity contribution is -0.193. The van der Waals surface area contributed by atoms with Crippen LogP contribution < -0.4 is 39.4 Å². The Morgan fingerprint density at radius 1 is 1.06 bits per heavy atom. The molecule has 1 aliphatic heterocycles. The van der Waals surface area contributed by atoms with Gasteiger partial charge in [0.2, 0.25) is 17.7 Å². The summed E-state index contributed by atoms with van der Waals surface area (Å²) in [6.07, 6.45) is 9.97. The number of aliphatic carboxylic acids is 1. The molecule has 1 saturated heterocycles. The highest BCUT2D eigenvalue weighted by Gasteiger charge is 2.40. The number of carbonyl (C=O) groups is 4. The number of carbonyl (C=O) groups excluding carboxylic acids is 3. The third-order valence-electron chi connectivity index (χ3n) is 7.91. The van der Waals surface area contributed by atoms with Crippen molar-refractivity contribution in [2.75, 3.05) is 61.8 Å². The van der Waals surface area contributed by atoms with Gasteiger partial charge in [-0.2, -0.15) is 18.4 Å². The van der Waals surface area contributed by atoms with Gasteiger partial charge in [0.1, 0.15) is 24.1 Å². The second-order valence-corrected chi connectivity index (χ2v) is 22.3. The molecule has 4 amide bonds. The average molecular weight is 1030 g/mol. The summed E-state index contributed by atoms with van der Waals surface area (Å²) in [6.45, 7) is 4.15. The summed E-state index contributed by atoms with van der Waals surface area (Å²) in [5, 5.41) is 11.4. The van der Waals surface area contributed by atoms with Crippen molar-refractivity contribution >= 4 is 85.6 Å². The number of urea groups is 1. The summed E-state index contributed by atoms with van der Waals surface area (Å²) in [5.41, 5.74) is 0.311. The van der Waals surface area contributed by atoms with Gasteiger partial charge in [-0.1, -0.05) is 18.5 Å². The third-order valence-corrected chi connectivity index (χ3v) is 12.0. The Hall–Kier alpha value is -5.15. The fourth-order valence-electron chi connectivity index (χ4n) is 5.09. The van der Waals surface area contributed by atoms with Crippen LogP contribution in [0.1, 0.15) is 46.5 Å². The van der Waals surface area contributed by atoms with Gasteiger partial charge in [0.05, 0.1) is 74.5 Å². The van der Waals surface area contributed by atoms with Crippen LogP contribution in [0.15, 0.2) is 57.8 Å². The van der Waals surface area contributed by atoms with Gasteiger partial charge in [-0.15, -0.1) is 0 Å². The quantitative estimate of drug-likeness (QED) is 0.0877. The third kappa shape index (κ3) is 18.3. The van der Waals surface area contributed by atoms with E-state index in [0.29, 0.717) is 21.4 Å². The number of pyridine rings is 1. The van der Waals surface area contributed by atoms with E-state index in [9.17, 15) is 49.9 Å². The lowest BCUT2D eigenvalue weighted by Crippen LogP contribution is -2.36. The Kier molecular flexibility index (Phi) is 22.2. The van der Waals surface area contributed by atoms with E-state index in [1.54, 1.807) is 18.6 Å². The lowest BCUT2D eigenvalue weighted by Gasteiger charge is -2.18. The number of carboxylic acids is 1. The number of sulfone groups is 1. The summed E-state index contributed by atoms with van der Waals surface area (Å²) in [7, 11) is -9.56. The number of allylic oxidation sites excluding steroid dienone is 1. The number of aromatic nitrogens is 3. The number of ether oxygens (including phenoxy) is 4. The van der Waals surface area contributed by atoms with Gasteiger partial charge in [0.15, 0.2) is 20.6 Å². The summed E-state index contributed by atoms with van der Waals surface area (Å²) < 4.78 is 95.7. The second kappa shape index (κ2) is 25.7. The van der Waals surface area contributed by atoms with Gasteiger partial charge in [-0.05, 0) is 74.2 Å². The minimum absolute atomic E-state index is 0.00962. The molecule has 366 valence electrons. The standard InChI is InChI=1S/C17H17ClFNO4.C14H17N5O7S2.C3H8NO5P.C3H9S/c1-9(2)15-16(21)20(17(22)24-15)13-8-14(11(18)7-12(13)19)23-10-5-3-4-6-10;1-4-27(21,22)9-6-5-7-15-12(9)28(23,24)19-14(20)18-13-16-10(25-2)8-11(17-13)26-3;5-3(6)1-4-2-10(7,8)9;1-4(2)3/h7-8,10H,3-6H2,1-2H3;5-8H,4H2,1-3H3,(H2,16,17,18,19,20);4H,1-2H2,(H,5,6)(H2,7,8,9);1-3H3/q;;;+1/p-1. The number of benzene rings is 1. The van der Waals surface area contributed by atoms with Gasteiger partial charge in [-0.25, -0.2) is 37.0 Å². The van der Waals surface area contributed by atoms with Crippen molar-refractivity contribution in [3.63, 3.8) is 0 Å². The second-order valence-electron chi connectivity index (χ2n) is 14.0. The fourth-order valence-corrected chi connectivity index (χ4v) is 8.23. The zero-order chi connectivity index (χ0) is 50.2. The molecule has 2 aliphatic rings. The first-order valence-electron chi connectivity index (χ1n) is 19.0. The minimum atomic E-state index is -4.61. The van der Waals surface area contributed by atoms with Crippen LogP contribution in [0.4, 0.5) is 25.6 Å². The number of halogens is 2. The molecule has 29 heteroatoms. The number of nitrogens with one attached hydrogen (secondary N) is 3. The Morgan fingerprint density at radius 3 is 2.12 bits per heavy atom. The van der Waals surface area contributed by atoms with Crippen LogP contribution in [-0.2, 0) is 49.6 Å². The molecule has 1 aromatic carbocycles. The van der Waals surface area contributed by atoms with Gasteiger partial charge in [-0.3, -0.25) is 20.2 Å². The van der Waals surface area contributed by atoms with Crippen molar-refractivity contribution < 1.29 is 78.8 Å². The normalized spacial score (nSPS) is 14.6. The Morgan fingerprint density at radius 2 is 1.64 bits per heavy atom. The molecule has 23 nitrogen and oxygen atoms in total. The number of amides is 4. The highest BCUT2D eigenvalue weighted by molar-refractivity contribution is 7.94. The van der Waals surface area contributed by atoms with Crippen molar-refractivity contribution in [2.24, 2.45) is 0 Å². The Balaban J connectivity index is 0.000000355. The maximum atomic E-state index is 14.3. The van der Waals surface area contributed by atoms with E-state index >= 15 is 0 Å². The molecule has 2 aromatic heterocycles. The van der Waals surface area contributed by atoms with Gasteiger partial charge >= 0.3 is 24.0 Å². The van der Waals surface area contributed by atoms with E-state index in [0.717, 1.165) is 44.0 Å². The maximum absolute atomic E-state index is 14.3. The first-order valence-corrected chi connectivity index (χ1v) is 26.7. The monoisotopic (exact) mass is 1030 g/mol.